The molecule has 1 saturated heterocycles. The first-order valence-electron chi connectivity index (χ1n) is 16.6. The van der Waals surface area contributed by atoms with Crippen LogP contribution in [0.2, 0.25) is 0 Å². The van der Waals surface area contributed by atoms with E-state index in [1.54, 1.807) is 0 Å². The van der Waals surface area contributed by atoms with Gasteiger partial charge >= 0.3 is 0 Å². The molecule has 0 saturated carbocycles. The Morgan fingerprint density at radius 3 is 1.19 bits per heavy atom. The minimum Gasteiger partial charge on any atom is -0.372 e. The van der Waals surface area contributed by atoms with E-state index in [1.807, 2.05) is 0 Å². The summed E-state index contributed by atoms with van der Waals surface area (Å²) in [5, 5.41) is 0. The Hall–Kier alpha value is -2.78. The van der Waals surface area contributed by atoms with Gasteiger partial charge in [0.15, 0.2) is 0 Å². The zero-order valence-electron chi connectivity index (χ0n) is 27.6. The van der Waals surface area contributed by atoms with E-state index in [0.717, 1.165) is 32.8 Å². The second-order valence-corrected chi connectivity index (χ2v) is 13.4. The highest BCUT2D eigenvalue weighted by atomic mass is 16.6. The van der Waals surface area contributed by atoms with E-state index >= 15 is 0 Å². The molecule has 1 fully saturated rings. The Morgan fingerprint density at radius 1 is 0.548 bits per heavy atom. The number of anilines is 2. The first-order chi connectivity index (χ1) is 20.2. The maximum Gasteiger partial charge on any atom is 0.0984 e. The van der Waals surface area contributed by atoms with Gasteiger partial charge in [0.2, 0.25) is 0 Å². The number of ether oxygens (including phenoxy) is 1. The number of hydrogen-bond acceptors (Lipinski definition) is 3. The van der Waals surface area contributed by atoms with Crippen molar-refractivity contribution in [3.63, 3.8) is 0 Å². The largest absolute Gasteiger partial charge is 0.372 e. The lowest BCUT2D eigenvalue weighted by Gasteiger charge is -2.31. The fourth-order valence-corrected chi connectivity index (χ4v) is 5.98. The molecule has 1 atom stereocenters. The minimum atomic E-state index is -0.0723. The molecule has 3 heteroatoms. The molecule has 1 aliphatic rings. The molecule has 3 aromatic rings. The number of rotatable bonds is 17. The summed E-state index contributed by atoms with van der Waals surface area (Å²) >= 11 is 0. The SMILES string of the molecule is CCCCN(CCCC)c1ccc(C(C)(C)c2ccc(C(C)(C)c3ccc(N(CCCC)CC4CO4)cc3)cc2)cc1. The summed E-state index contributed by atoms with van der Waals surface area (Å²) in [6.45, 7) is 21.5. The standard InChI is InChI=1S/C39H56N2O/c1-8-11-26-40(27-12-9-2)35-22-18-33(19-23-35)38(4,5)31-14-16-32(17-15-31)39(6,7)34-20-24-36(25-21-34)41(28-13-10-3)29-37-30-42-37/h14-25,37H,8-13,26-30H2,1-7H3. The Bertz CT molecular complexity index is 1200. The molecule has 0 N–H and O–H groups in total. The van der Waals surface area contributed by atoms with Gasteiger partial charge in [0.05, 0.1) is 12.7 Å². The van der Waals surface area contributed by atoms with Gasteiger partial charge in [0, 0.05) is 48.4 Å². The lowest BCUT2D eigenvalue weighted by atomic mass is 9.74. The van der Waals surface area contributed by atoms with Crippen molar-refractivity contribution in [1.29, 1.82) is 0 Å². The summed E-state index contributed by atoms with van der Waals surface area (Å²) in [6, 6.07) is 28.0. The summed E-state index contributed by atoms with van der Waals surface area (Å²) < 4.78 is 5.53. The van der Waals surface area contributed by atoms with Crippen molar-refractivity contribution < 1.29 is 4.74 Å². The highest BCUT2D eigenvalue weighted by molar-refractivity contribution is 5.52. The number of epoxide rings is 1. The molecule has 4 rings (SSSR count). The minimum absolute atomic E-state index is 0.0618. The van der Waals surface area contributed by atoms with Crippen molar-refractivity contribution in [2.45, 2.75) is 104 Å². The molecule has 42 heavy (non-hydrogen) atoms. The predicted molar refractivity (Wildman–Crippen MR) is 182 cm³/mol. The van der Waals surface area contributed by atoms with Crippen LogP contribution >= 0.6 is 0 Å². The van der Waals surface area contributed by atoms with Crippen LogP contribution in [-0.2, 0) is 15.6 Å². The van der Waals surface area contributed by atoms with Crippen LogP contribution in [-0.4, -0.2) is 38.9 Å². The van der Waals surface area contributed by atoms with Crippen LogP contribution in [0.5, 0.6) is 0 Å². The summed E-state index contributed by atoms with van der Waals surface area (Å²) in [5.74, 6) is 0. The van der Waals surface area contributed by atoms with Crippen LogP contribution in [0, 0.1) is 0 Å². The molecular weight excluding hydrogens is 512 g/mol. The first-order valence-corrected chi connectivity index (χ1v) is 16.6. The van der Waals surface area contributed by atoms with E-state index in [4.69, 9.17) is 4.74 Å². The molecule has 0 spiro atoms. The van der Waals surface area contributed by atoms with E-state index in [-0.39, 0.29) is 10.8 Å². The van der Waals surface area contributed by atoms with Gasteiger partial charge in [-0.05, 0) is 65.8 Å². The predicted octanol–water partition coefficient (Wildman–Crippen LogP) is 9.75. The van der Waals surface area contributed by atoms with E-state index in [1.165, 1.54) is 72.2 Å². The lowest BCUT2D eigenvalue weighted by molar-refractivity contribution is 0.406. The maximum atomic E-state index is 5.53. The van der Waals surface area contributed by atoms with E-state index in [0.29, 0.717) is 6.10 Å². The van der Waals surface area contributed by atoms with Crippen LogP contribution in [0.4, 0.5) is 11.4 Å². The summed E-state index contributed by atoms with van der Waals surface area (Å²) in [4.78, 5) is 5.06. The maximum absolute atomic E-state index is 5.53. The zero-order valence-corrected chi connectivity index (χ0v) is 27.6. The van der Waals surface area contributed by atoms with Crippen LogP contribution in [0.15, 0.2) is 72.8 Å². The van der Waals surface area contributed by atoms with Crippen LogP contribution in [0.25, 0.3) is 0 Å². The third-order valence-electron chi connectivity index (χ3n) is 9.41. The third-order valence-corrected chi connectivity index (χ3v) is 9.41. The van der Waals surface area contributed by atoms with Gasteiger partial charge in [-0.25, -0.2) is 0 Å². The Labute approximate surface area is 257 Å². The van der Waals surface area contributed by atoms with Gasteiger partial charge in [-0.2, -0.15) is 0 Å². The zero-order chi connectivity index (χ0) is 30.2. The molecule has 0 amide bonds. The number of hydrogen-bond donors (Lipinski definition) is 0. The summed E-state index contributed by atoms with van der Waals surface area (Å²) in [6.07, 6.45) is 7.79. The Balaban J connectivity index is 1.47. The normalized spacial score (nSPS) is 15.1. The number of benzene rings is 3. The van der Waals surface area contributed by atoms with Crippen molar-refractivity contribution in [3.05, 3.63) is 95.1 Å². The average molecular weight is 569 g/mol. The molecular formula is C39H56N2O. The van der Waals surface area contributed by atoms with E-state index in [9.17, 15) is 0 Å². The highest BCUT2D eigenvalue weighted by Gasteiger charge is 2.28. The quantitative estimate of drug-likeness (QED) is 0.151. The molecule has 0 bridgehead atoms. The number of nitrogens with zero attached hydrogens (tertiary/aromatic N) is 2. The second-order valence-electron chi connectivity index (χ2n) is 13.4. The van der Waals surface area contributed by atoms with Gasteiger partial charge in [0.25, 0.3) is 0 Å². The first kappa shape index (κ1) is 32.1. The topological polar surface area (TPSA) is 19.0 Å². The van der Waals surface area contributed by atoms with Gasteiger partial charge in [-0.1, -0.05) is 116 Å². The van der Waals surface area contributed by atoms with Crippen molar-refractivity contribution in [1.82, 2.24) is 0 Å². The van der Waals surface area contributed by atoms with Crippen LogP contribution in [0.1, 0.15) is 109 Å². The Morgan fingerprint density at radius 2 is 0.857 bits per heavy atom. The molecule has 3 aromatic carbocycles. The van der Waals surface area contributed by atoms with Crippen molar-refractivity contribution in [2.24, 2.45) is 0 Å². The summed E-state index contributed by atoms with van der Waals surface area (Å²) in [5.41, 5.74) is 7.95. The van der Waals surface area contributed by atoms with Gasteiger partial charge < -0.3 is 14.5 Å². The van der Waals surface area contributed by atoms with Gasteiger partial charge in [0.1, 0.15) is 0 Å². The van der Waals surface area contributed by atoms with Gasteiger partial charge in [-0.15, -0.1) is 0 Å². The molecule has 1 unspecified atom stereocenters. The van der Waals surface area contributed by atoms with Crippen LogP contribution in [0.3, 0.4) is 0 Å². The van der Waals surface area contributed by atoms with Crippen molar-refractivity contribution in [3.8, 4) is 0 Å². The highest BCUT2D eigenvalue weighted by Crippen LogP contribution is 2.37. The Kier molecular flexibility index (Phi) is 11.2. The second kappa shape index (κ2) is 14.6. The van der Waals surface area contributed by atoms with Crippen molar-refractivity contribution >= 4 is 11.4 Å². The smallest absolute Gasteiger partial charge is 0.0984 e. The molecule has 0 aromatic heterocycles. The molecule has 3 nitrogen and oxygen atoms in total. The van der Waals surface area contributed by atoms with E-state index < -0.39 is 0 Å². The molecule has 1 aliphatic heterocycles. The molecule has 0 radical (unpaired) electrons. The van der Waals surface area contributed by atoms with Gasteiger partial charge in [-0.3, -0.25) is 0 Å². The average Bonchev–Trinajstić information content (AvgIpc) is 3.84. The fraction of sp³-hybridized carbons (Fsp3) is 0.538. The molecule has 1 heterocycles. The third kappa shape index (κ3) is 7.98. The fourth-order valence-electron chi connectivity index (χ4n) is 5.98. The van der Waals surface area contributed by atoms with Crippen molar-refractivity contribution in [2.75, 3.05) is 42.6 Å². The molecule has 0 aliphatic carbocycles. The monoisotopic (exact) mass is 568 g/mol. The molecule has 228 valence electrons. The number of unbranched alkanes of at least 4 members (excludes halogenated alkanes) is 3. The summed E-state index contributed by atoms with van der Waals surface area (Å²) in [7, 11) is 0. The van der Waals surface area contributed by atoms with E-state index in [2.05, 4.69) is 131 Å². The lowest BCUT2D eigenvalue weighted by Crippen LogP contribution is -2.29. The van der Waals surface area contributed by atoms with Crippen LogP contribution < -0.4 is 9.80 Å².